The Kier molecular flexibility index (Phi) is 6.45. The van der Waals surface area contributed by atoms with Crippen LogP contribution in [0.15, 0.2) is 78.0 Å². The summed E-state index contributed by atoms with van der Waals surface area (Å²) in [4.78, 5) is 32.9. The highest BCUT2D eigenvalue weighted by Gasteiger charge is 2.33. The van der Waals surface area contributed by atoms with Gasteiger partial charge in [-0.1, -0.05) is 36.4 Å². The first-order chi connectivity index (χ1) is 16.2. The molecule has 1 aromatic heterocycles. The summed E-state index contributed by atoms with van der Waals surface area (Å²) in [5.74, 6) is 0.163. The maximum atomic E-state index is 12.5. The summed E-state index contributed by atoms with van der Waals surface area (Å²) in [5, 5.41) is 3.56. The Bertz CT molecular complexity index is 1220. The van der Waals surface area contributed by atoms with E-state index in [9.17, 15) is 9.59 Å². The third kappa shape index (κ3) is 5.31. The summed E-state index contributed by atoms with van der Waals surface area (Å²) < 4.78 is 6.22. The Morgan fingerprint density at radius 2 is 1.71 bits per heavy atom. The molecule has 1 amide bonds. The molecule has 0 bridgehead atoms. The average Bonchev–Trinajstić information content (AvgIpc) is 3.24. The molecule has 7 heteroatoms. The number of ketones is 1. The predicted molar refractivity (Wildman–Crippen MR) is 131 cm³/mol. The van der Waals surface area contributed by atoms with Crippen LogP contribution in [0.1, 0.15) is 66.3 Å². The van der Waals surface area contributed by atoms with Crippen molar-refractivity contribution in [2.45, 2.75) is 44.9 Å². The molecular weight excluding hydrogens is 428 g/mol. The van der Waals surface area contributed by atoms with Gasteiger partial charge in [0, 0.05) is 18.0 Å². The zero-order valence-electron chi connectivity index (χ0n) is 19.5. The van der Waals surface area contributed by atoms with Crippen LogP contribution in [0.5, 0.6) is 5.75 Å². The number of amides is 1. The first-order valence-electron chi connectivity index (χ1n) is 11.2. The molecule has 0 fully saturated rings. The highest BCUT2D eigenvalue weighted by atomic mass is 16.5. The van der Waals surface area contributed by atoms with E-state index >= 15 is 0 Å². The molecule has 1 aliphatic rings. The van der Waals surface area contributed by atoms with Crippen molar-refractivity contribution in [1.29, 1.82) is 0 Å². The number of benzene rings is 2. The number of Topliss-reactive ketones (excluding diaryl/α,β-unsaturated/α-hetero) is 1. The Morgan fingerprint density at radius 3 is 2.35 bits per heavy atom. The number of rotatable bonds is 7. The largest absolute Gasteiger partial charge is 0.487 e. The maximum Gasteiger partial charge on any atom is 0.225 e. The number of carbonyl (C=O) groups excluding carboxylic acids is 2. The summed E-state index contributed by atoms with van der Waals surface area (Å²) in [7, 11) is 0. The highest BCUT2D eigenvalue weighted by molar-refractivity contribution is 6.08. The topological polar surface area (TPSA) is 107 Å². The molecule has 0 spiro atoms. The second kappa shape index (κ2) is 9.47. The van der Waals surface area contributed by atoms with E-state index in [-0.39, 0.29) is 24.3 Å². The number of ether oxygens (including phenoxy) is 1. The van der Waals surface area contributed by atoms with E-state index in [1.54, 1.807) is 30.6 Å². The molecule has 2 aromatic carbocycles. The molecular formula is C27H28N4O3. The quantitative estimate of drug-likeness (QED) is 0.410. The summed E-state index contributed by atoms with van der Waals surface area (Å²) in [6, 6.07) is 18.9. The van der Waals surface area contributed by atoms with Crippen molar-refractivity contribution in [2.75, 3.05) is 0 Å². The van der Waals surface area contributed by atoms with Crippen molar-refractivity contribution in [3.8, 4) is 5.75 Å². The van der Waals surface area contributed by atoms with Crippen molar-refractivity contribution >= 4 is 17.5 Å². The minimum atomic E-state index is -0.667. The van der Waals surface area contributed by atoms with Crippen LogP contribution in [0.4, 0.5) is 0 Å². The molecule has 0 saturated heterocycles. The van der Waals surface area contributed by atoms with Crippen LogP contribution in [0.25, 0.3) is 0 Å². The monoisotopic (exact) mass is 456 g/mol. The lowest BCUT2D eigenvalue weighted by molar-refractivity contribution is -0.117. The van der Waals surface area contributed by atoms with E-state index in [0.717, 1.165) is 16.7 Å². The number of primary amides is 1. The number of nitrogens with zero attached hydrogens (tertiary/aromatic N) is 2. The summed E-state index contributed by atoms with van der Waals surface area (Å²) in [6.07, 6.45) is 3.18. The lowest BCUT2D eigenvalue weighted by atomic mass is 9.95. The third-order valence-electron chi connectivity index (χ3n) is 5.39. The van der Waals surface area contributed by atoms with Gasteiger partial charge in [-0.05, 0) is 56.2 Å². The molecule has 0 radical (unpaired) electrons. The van der Waals surface area contributed by atoms with Gasteiger partial charge in [0.05, 0.1) is 18.0 Å². The molecule has 4 rings (SSSR count). The fourth-order valence-electron chi connectivity index (χ4n) is 3.94. The number of aliphatic imine (C=N–C) groups is 1. The average molecular weight is 457 g/mol. The van der Waals surface area contributed by atoms with Crippen molar-refractivity contribution in [2.24, 2.45) is 10.7 Å². The Balaban J connectivity index is 1.77. The normalized spacial score (nSPS) is 17.6. The molecule has 174 valence electrons. The molecule has 2 atom stereocenters. The fraction of sp³-hybridized carbons (Fsp3) is 0.259. The van der Waals surface area contributed by atoms with Crippen molar-refractivity contribution in [3.05, 3.63) is 95.3 Å². The van der Waals surface area contributed by atoms with Crippen LogP contribution >= 0.6 is 0 Å². The first-order valence-corrected chi connectivity index (χ1v) is 11.2. The van der Waals surface area contributed by atoms with Gasteiger partial charge >= 0.3 is 0 Å². The smallest absolute Gasteiger partial charge is 0.225 e. The molecule has 3 N–H and O–H groups in total. The van der Waals surface area contributed by atoms with Gasteiger partial charge in [-0.15, -0.1) is 0 Å². The van der Waals surface area contributed by atoms with Crippen molar-refractivity contribution in [1.82, 2.24) is 10.3 Å². The second-order valence-corrected chi connectivity index (χ2v) is 9.23. The number of hydrogen-bond acceptors (Lipinski definition) is 6. The van der Waals surface area contributed by atoms with E-state index in [2.05, 4.69) is 22.4 Å². The SMILES string of the molecule is CC(C)(C)Oc1cc(C(=O)CC(N)=O)ccc1C1=NC(c2ccccc2)C(c2ccncc2)N1. The molecule has 0 aliphatic carbocycles. The van der Waals surface area contributed by atoms with Crippen LogP contribution in [0, 0.1) is 0 Å². The van der Waals surface area contributed by atoms with E-state index < -0.39 is 11.5 Å². The van der Waals surface area contributed by atoms with Gasteiger partial charge in [0.15, 0.2) is 5.78 Å². The number of amidine groups is 1. The number of hydrogen-bond donors (Lipinski definition) is 2. The number of nitrogens with one attached hydrogen (secondary N) is 1. The van der Waals surface area contributed by atoms with Gasteiger partial charge in [-0.3, -0.25) is 19.6 Å². The van der Waals surface area contributed by atoms with Gasteiger partial charge in [0.2, 0.25) is 5.91 Å². The highest BCUT2D eigenvalue weighted by Crippen LogP contribution is 2.38. The predicted octanol–water partition coefficient (Wildman–Crippen LogP) is 4.15. The van der Waals surface area contributed by atoms with Crippen LogP contribution in [0.2, 0.25) is 0 Å². The van der Waals surface area contributed by atoms with Gasteiger partial charge in [0.25, 0.3) is 0 Å². The molecule has 2 unspecified atom stereocenters. The van der Waals surface area contributed by atoms with E-state index in [1.165, 1.54) is 0 Å². The Morgan fingerprint density at radius 1 is 1.00 bits per heavy atom. The summed E-state index contributed by atoms with van der Waals surface area (Å²) >= 11 is 0. The zero-order valence-corrected chi connectivity index (χ0v) is 19.5. The van der Waals surface area contributed by atoms with Gasteiger partial charge < -0.3 is 15.8 Å². The van der Waals surface area contributed by atoms with Crippen molar-refractivity contribution < 1.29 is 14.3 Å². The third-order valence-corrected chi connectivity index (χ3v) is 5.39. The standard InChI is InChI=1S/C27H28N4O3/c1-27(2,3)34-22-15-19(21(32)16-23(28)33)9-10-20(22)26-30-24(17-7-5-4-6-8-17)25(31-26)18-11-13-29-14-12-18/h4-15,24-25H,16H2,1-3H3,(H2,28,33)(H,30,31). The van der Waals surface area contributed by atoms with Gasteiger partial charge in [-0.25, -0.2) is 0 Å². The Hall–Kier alpha value is -4.00. The van der Waals surface area contributed by atoms with Crippen LogP contribution in [-0.4, -0.2) is 28.1 Å². The van der Waals surface area contributed by atoms with Crippen LogP contribution < -0.4 is 15.8 Å². The van der Waals surface area contributed by atoms with E-state index in [1.807, 2.05) is 51.1 Å². The molecule has 2 heterocycles. The minimum absolute atomic E-state index is 0.0981. The Labute approximate surface area is 199 Å². The summed E-state index contributed by atoms with van der Waals surface area (Å²) in [5.41, 5.74) is 7.96. The molecule has 1 aliphatic heterocycles. The van der Waals surface area contributed by atoms with E-state index in [4.69, 9.17) is 15.5 Å². The van der Waals surface area contributed by atoms with Gasteiger partial charge in [-0.2, -0.15) is 0 Å². The van der Waals surface area contributed by atoms with Crippen LogP contribution in [0.3, 0.4) is 0 Å². The lowest BCUT2D eigenvalue weighted by Crippen LogP contribution is -2.28. The number of aromatic nitrogens is 1. The van der Waals surface area contributed by atoms with Crippen LogP contribution in [-0.2, 0) is 4.79 Å². The molecule has 3 aromatic rings. The number of nitrogens with two attached hydrogens (primary N) is 1. The number of carbonyl (C=O) groups is 2. The molecule has 7 nitrogen and oxygen atoms in total. The zero-order chi connectivity index (χ0) is 24.3. The van der Waals surface area contributed by atoms with E-state index in [0.29, 0.717) is 17.1 Å². The minimum Gasteiger partial charge on any atom is -0.487 e. The fourth-order valence-corrected chi connectivity index (χ4v) is 3.94. The number of pyridine rings is 1. The van der Waals surface area contributed by atoms with Gasteiger partial charge in [0.1, 0.15) is 23.2 Å². The molecule has 0 saturated carbocycles. The second-order valence-electron chi connectivity index (χ2n) is 9.23. The van der Waals surface area contributed by atoms with Crippen molar-refractivity contribution in [3.63, 3.8) is 0 Å². The molecule has 34 heavy (non-hydrogen) atoms. The first kappa shape index (κ1) is 23.2. The maximum absolute atomic E-state index is 12.5. The lowest BCUT2D eigenvalue weighted by Gasteiger charge is -2.24. The summed E-state index contributed by atoms with van der Waals surface area (Å²) in [6.45, 7) is 5.81.